The quantitative estimate of drug-likeness (QED) is 0.861. The molecule has 0 bridgehead atoms. The first-order valence-electron chi connectivity index (χ1n) is 8.60. The standard InChI is InChI=1S/C20H21NO3/c1-21-12-10-14(11-13-21)23-20(22)19-15-6-2-4-8-17(15)24-18-9-5-3-7-16(18)19/h2-9,14,19H,10-13H2,1H3/p+1. The summed E-state index contributed by atoms with van der Waals surface area (Å²) >= 11 is 0. The topological polar surface area (TPSA) is 40.0 Å². The van der Waals surface area contributed by atoms with E-state index in [0.717, 1.165) is 48.6 Å². The summed E-state index contributed by atoms with van der Waals surface area (Å²) < 4.78 is 11.8. The average molecular weight is 324 g/mol. The van der Waals surface area contributed by atoms with Crippen molar-refractivity contribution in [2.45, 2.75) is 24.9 Å². The Morgan fingerprint density at radius 2 is 1.54 bits per heavy atom. The van der Waals surface area contributed by atoms with Crippen LogP contribution in [-0.2, 0) is 9.53 Å². The maximum absolute atomic E-state index is 13.0. The van der Waals surface area contributed by atoms with E-state index in [1.54, 1.807) is 0 Å². The average Bonchev–Trinajstić information content (AvgIpc) is 2.61. The summed E-state index contributed by atoms with van der Waals surface area (Å²) in [7, 11) is 2.18. The summed E-state index contributed by atoms with van der Waals surface area (Å²) in [6, 6.07) is 15.5. The van der Waals surface area contributed by atoms with Gasteiger partial charge in [-0.25, -0.2) is 0 Å². The minimum absolute atomic E-state index is 0.0309. The number of ether oxygens (including phenoxy) is 2. The molecule has 124 valence electrons. The van der Waals surface area contributed by atoms with E-state index in [1.165, 1.54) is 4.90 Å². The number of carbonyl (C=O) groups is 1. The molecule has 2 aliphatic heterocycles. The molecular weight excluding hydrogens is 302 g/mol. The van der Waals surface area contributed by atoms with Crippen LogP contribution in [0.2, 0.25) is 0 Å². The van der Waals surface area contributed by atoms with Crippen molar-refractivity contribution in [1.29, 1.82) is 0 Å². The molecule has 0 radical (unpaired) electrons. The number of para-hydroxylation sites is 2. The van der Waals surface area contributed by atoms with Crippen molar-refractivity contribution < 1.29 is 19.2 Å². The predicted octanol–water partition coefficient (Wildman–Crippen LogP) is 2.14. The SMILES string of the molecule is C[NH+]1CCC(OC(=O)C2c3ccccc3Oc3ccccc32)CC1. The van der Waals surface area contributed by atoms with Crippen LogP contribution in [0.15, 0.2) is 48.5 Å². The molecular formula is C20H22NO3+. The van der Waals surface area contributed by atoms with E-state index in [4.69, 9.17) is 9.47 Å². The zero-order valence-electron chi connectivity index (χ0n) is 13.8. The van der Waals surface area contributed by atoms with E-state index in [0.29, 0.717) is 0 Å². The van der Waals surface area contributed by atoms with Crippen molar-refractivity contribution in [3.05, 3.63) is 59.7 Å². The monoisotopic (exact) mass is 324 g/mol. The van der Waals surface area contributed by atoms with Gasteiger partial charge in [0.05, 0.1) is 20.1 Å². The number of piperidine rings is 1. The minimum atomic E-state index is -0.404. The van der Waals surface area contributed by atoms with Crippen molar-refractivity contribution >= 4 is 5.97 Å². The van der Waals surface area contributed by atoms with Gasteiger partial charge in [-0.15, -0.1) is 0 Å². The van der Waals surface area contributed by atoms with Crippen molar-refractivity contribution in [2.24, 2.45) is 0 Å². The number of esters is 1. The Morgan fingerprint density at radius 1 is 1.00 bits per heavy atom. The van der Waals surface area contributed by atoms with Gasteiger partial charge >= 0.3 is 5.97 Å². The molecule has 4 heteroatoms. The second-order valence-corrected chi connectivity index (χ2v) is 6.70. The van der Waals surface area contributed by atoms with Crippen molar-refractivity contribution in [3.8, 4) is 11.5 Å². The summed E-state index contributed by atoms with van der Waals surface area (Å²) in [6.45, 7) is 2.11. The number of hydrogen-bond acceptors (Lipinski definition) is 3. The summed E-state index contributed by atoms with van der Waals surface area (Å²) in [6.07, 6.45) is 1.90. The Bertz CT molecular complexity index is 705. The van der Waals surface area contributed by atoms with Crippen LogP contribution in [0, 0.1) is 0 Å². The van der Waals surface area contributed by atoms with Crippen LogP contribution in [0.5, 0.6) is 11.5 Å². The Labute approximate surface area is 142 Å². The molecule has 24 heavy (non-hydrogen) atoms. The Balaban J connectivity index is 1.63. The number of likely N-dealkylation sites (tertiary alicyclic amines) is 1. The van der Waals surface area contributed by atoms with Crippen LogP contribution >= 0.6 is 0 Å². The van der Waals surface area contributed by atoms with Crippen molar-refractivity contribution in [3.63, 3.8) is 0 Å². The van der Waals surface area contributed by atoms with Gasteiger partial charge in [0, 0.05) is 24.0 Å². The summed E-state index contributed by atoms with van der Waals surface area (Å²) in [5, 5.41) is 0. The van der Waals surface area contributed by atoms with Gasteiger partial charge in [0.15, 0.2) is 0 Å². The number of benzene rings is 2. The highest BCUT2D eigenvalue weighted by atomic mass is 16.5. The van der Waals surface area contributed by atoms with Crippen LogP contribution in [0.3, 0.4) is 0 Å². The number of nitrogens with one attached hydrogen (secondary N) is 1. The van der Waals surface area contributed by atoms with E-state index in [9.17, 15) is 4.79 Å². The minimum Gasteiger partial charge on any atom is -0.461 e. The molecule has 4 rings (SSSR count). The molecule has 0 spiro atoms. The molecule has 2 aromatic carbocycles. The second-order valence-electron chi connectivity index (χ2n) is 6.70. The Kier molecular flexibility index (Phi) is 3.98. The van der Waals surface area contributed by atoms with E-state index in [1.807, 2.05) is 48.5 Å². The third-order valence-corrected chi connectivity index (χ3v) is 4.98. The fourth-order valence-corrected chi connectivity index (χ4v) is 3.60. The lowest BCUT2D eigenvalue weighted by atomic mass is 9.88. The van der Waals surface area contributed by atoms with Crippen LogP contribution < -0.4 is 9.64 Å². The highest BCUT2D eigenvalue weighted by Crippen LogP contribution is 2.44. The molecule has 0 amide bonds. The molecule has 4 nitrogen and oxygen atoms in total. The first-order valence-corrected chi connectivity index (χ1v) is 8.60. The molecule has 1 fully saturated rings. The van der Waals surface area contributed by atoms with E-state index in [-0.39, 0.29) is 12.1 Å². The van der Waals surface area contributed by atoms with E-state index >= 15 is 0 Å². The molecule has 1 N–H and O–H groups in total. The number of hydrogen-bond donors (Lipinski definition) is 1. The van der Waals surface area contributed by atoms with Gasteiger partial charge in [0.25, 0.3) is 0 Å². The summed E-state index contributed by atoms with van der Waals surface area (Å²) in [4.78, 5) is 14.5. The molecule has 0 saturated carbocycles. The third kappa shape index (κ3) is 2.78. The molecule has 1 saturated heterocycles. The summed E-state index contributed by atoms with van der Waals surface area (Å²) in [5.74, 6) is 0.915. The number of carbonyl (C=O) groups excluding carboxylic acids is 1. The van der Waals surface area contributed by atoms with E-state index < -0.39 is 5.92 Å². The zero-order chi connectivity index (χ0) is 16.5. The van der Waals surface area contributed by atoms with Crippen LogP contribution in [0.25, 0.3) is 0 Å². The van der Waals surface area contributed by atoms with Gasteiger partial charge in [0.1, 0.15) is 23.5 Å². The lowest BCUT2D eigenvalue weighted by molar-refractivity contribution is -0.885. The molecule has 2 aromatic rings. The van der Waals surface area contributed by atoms with Gasteiger partial charge in [-0.1, -0.05) is 36.4 Å². The third-order valence-electron chi connectivity index (χ3n) is 4.98. The fourth-order valence-electron chi connectivity index (χ4n) is 3.60. The maximum Gasteiger partial charge on any atom is 0.318 e. The molecule has 0 aliphatic carbocycles. The second kappa shape index (κ2) is 6.29. The number of fused-ring (bicyclic) bond motifs is 2. The highest BCUT2D eigenvalue weighted by Gasteiger charge is 2.35. The van der Waals surface area contributed by atoms with Crippen LogP contribution in [0.4, 0.5) is 0 Å². The van der Waals surface area contributed by atoms with Crippen LogP contribution in [0.1, 0.15) is 29.9 Å². The Morgan fingerprint density at radius 3 is 2.12 bits per heavy atom. The lowest BCUT2D eigenvalue weighted by Crippen LogP contribution is -3.10. The number of rotatable bonds is 2. The lowest BCUT2D eigenvalue weighted by Gasteiger charge is -2.30. The van der Waals surface area contributed by atoms with E-state index in [2.05, 4.69) is 7.05 Å². The van der Waals surface area contributed by atoms with Crippen molar-refractivity contribution in [1.82, 2.24) is 0 Å². The summed E-state index contributed by atoms with van der Waals surface area (Å²) in [5.41, 5.74) is 1.78. The largest absolute Gasteiger partial charge is 0.461 e. The Hall–Kier alpha value is -2.33. The van der Waals surface area contributed by atoms with Gasteiger partial charge in [-0.3, -0.25) is 4.79 Å². The smallest absolute Gasteiger partial charge is 0.318 e. The molecule has 0 unspecified atom stereocenters. The first-order chi connectivity index (χ1) is 11.7. The van der Waals surface area contributed by atoms with Gasteiger partial charge in [0.2, 0.25) is 0 Å². The highest BCUT2D eigenvalue weighted by molar-refractivity contribution is 5.85. The maximum atomic E-state index is 13.0. The first kappa shape index (κ1) is 15.2. The molecule has 0 atom stereocenters. The van der Waals surface area contributed by atoms with Crippen LogP contribution in [-0.4, -0.2) is 32.2 Å². The molecule has 2 heterocycles. The molecule has 0 aromatic heterocycles. The van der Waals surface area contributed by atoms with Gasteiger partial charge in [-0.2, -0.15) is 0 Å². The predicted molar refractivity (Wildman–Crippen MR) is 90.5 cm³/mol. The van der Waals surface area contributed by atoms with Gasteiger partial charge in [-0.05, 0) is 12.1 Å². The van der Waals surface area contributed by atoms with Gasteiger partial charge < -0.3 is 14.4 Å². The zero-order valence-corrected chi connectivity index (χ0v) is 13.8. The number of quaternary nitrogens is 1. The fraction of sp³-hybridized carbons (Fsp3) is 0.350. The molecule has 2 aliphatic rings. The van der Waals surface area contributed by atoms with Crippen molar-refractivity contribution in [2.75, 3.05) is 20.1 Å². The normalized spacial score (nSPS) is 22.9.